The van der Waals surface area contributed by atoms with Gasteiger partial charge in [-0.2, -0.15) is 0 Å². The molecule has 0 radical (unpaired) electrons. The largest absolute Gasteiger partial charge is 0.484 e. The van der Waals surface area contributed by atoms with Gasteiger partial charge in [0.2, 0.25) is 0 Å². The molecule has 0 fully saturated rings. The Bertz CT molecular complexity index is 895. The van der Waals surface area contributed by atoms with Crippen LogP contribution in [0, 0.1) is 0 Å². The molecule has 3 aromatic rings. The Morgan fingerprint density at radius 1 is 0.885 bits per heavy atom. The van der Waals surface area contributed by atoms with E-state index >= 15 is 0 Å². The maximum absolute atomic E-state index is 12.3. The smallest absolute Gasteiger partial charge is 0.262 e. The van der Waals surface area contributed by atoms with Crippen LogP contribution in [0.1, 0.15) is 15.9 Å². The van der Waals surface area contributed by atoms with Gasteiger partial charge in [-0.1, -0.05) is 11.6 Å². The Morgan fingerprint density at radius 2 is 1.50 bits per heavy atom. The quantitative estimate of drug-likeness (QED) is 0.670. The number of aromatic nitrogens is 1. The fourth-order valence-corrected chi connectivity index (χ4v) is 2.38. The van der Waals surface area contributed by atoms with Crippen LogP contribution in [-0.2, 0) is 4.79 Å². The standard InChI is InChI=1S/C20H15ClN2O3/c21-16-3-7-18(8-4-16)26-13-19(24)23-17-5-1-14(2-6-17)20(25)15-9-11-22-12-10-15/h1-12H,13H2,(H,23,24). The lowest BCUT2D eigenvalue weighted by atomic mass is 10.0. The summed E-state index contributed by atoms with van der Waals surface area (Å²) >= 11 is 5.79. The first-order chi connectivity index (χ1) is 12.6. The maximum Gasteiger partial charge on any atom is 0.262 e. The van der Waals surface area contributed by atoms with Gasteiger partial charge >= 0.3 is 0 Å². The number of pyridine rings is 1. The van der Waals surface area contributed by atoms with Crippen molar-refractivity contribution in [3.05, 3.63) is 89.2 Å². The molecule has 26 heavy (non-hydrogen) atoms. The maximum atomic E-state index is 12.3. The number of benzene rings is 2. The molecule has 0 atom stereocenters. The molecule has 130 valence electrons. The highest BCUT2D eigenvalue weighted by Gasteiger charge is 2.09. The first kappa shape index (κ1) is 17.6. The van der Waals surface area contributed by atoms with E-state index in [1.54, 1.807) is 73.1 Å². The molecule has 6 heteroatoms. The number of nitrogens with zero attached hydrogens (tertiary/aromatic N) is 1. The van der Waals surface area contributed by atoms with Crippen molar-refractivity contribution < 1.29 is 14.3 Å². The molecule has 1 N–H and O–H groups in total. The summed E-state index contributed by atoms with van der Waals surface area (Å²) in [5.41, 5.74) is 1.68. The van der Waals surface area contributed by atoms with Crippen molar-refractivity contribution in [1.82, 2.24) is 4.98 Å². The summed E-state index contributed by atoms with van der Waals surface area (Å²) in [5, 5.41) is 3.32. The van der Waals surface area contributed by atoms with Crippen LogP contribution < -0.4 is 10.1 Å². The molecule has 3 rings (SSSR count). The van der Waals surface area contributed by atoms with Gasteiger partial charge < -0.3 is 10.1 Å². The number of halogens is 1. The van der Waals surface area contributed by atoms with Crippen molar-refractivity contribution in [3.63, 3.8) is 0 Å². The van der Waals surface area contributed by atoms with E-state index in [-0.39, 0.29) is 18.3 Å². The van der Waals surface area contributed by atoms with E-state index in [0.717, 1.165) is 0 Å². The number of hydrogen-bond acceptors (Lipinski definition) is 4. The van der Waals surface area contributed by atoms with Gasteiger partial charge in [-0.3, -0.25) is 14.6 Å². The first-order valence-electron chi connectivity index (χ1n) is 7.85. The number of hydrogen-bond donors (Lipinski definition) is 1. The summed E-state index contributed by atoms with van der Waals surface area (Å²) in [6.07, 6.45) is 3.14. The van der Waals surface area contributed by atoms with Crippen molar-refractivity contribution in [3.8, 4) is 5.75 Å². The number of carbonyl (C=O) groups is 2. The monoisotopic (exact) mass is 366 g/mol. The van der Waals surface area contributed by atoms with Gasteiger partial charge in [-0.05, 0) is 60.7 Å². The molecule has 1 heterocycles. The average molecular weight is 367 g/mol. The van der Waals surface area contributed by atoms with E-state index < -0.39 is 0 Å². The molecule has 0 aliphatic heterocycles. The normalized spacial score (nSPS) is 10.2. The zero-order valence-electron chi connectivity index (χ0n) is 13.7. The van der Waals surface area contributed by atoms with Gasteiger partial charge in [0.15, 0.2) is 12.4 Å². The number of carbonyl (C=O) groups excluding carboxylic acids is 2. The van der Waals surface area contributed by atoms with E-state index in [9.17, 15) is 9.59 Å². The molecule has 1 aromatic heterocycles. The molecule has 2 aromatic carbocycles. The van der Waals surface area contributed by atoms with Crippen LogP contribution in [-0.4, -0.2) is 23.3 Å². The molecule has 0 saturated heterocycles. The molecule has 5 nitrogen and oxygen atoms in total. The van der Waals surface area contributed by atoms with Crippen LogP contribution >= 0.6 is 11.6 Å². The number of rotatable bonds is 6. The van der Waals surface area contributed by atoms with Crippen LogP contribution in [0.25, 0.3) is 0 Å². The van der Waals surface area contributed by atoms with E-state index in [2.05, 4.69) is 10.3 Å². The molecule has 0 unspecified atom stereocenters. The summed E-state index contributed by atoms with van der Waals surface area (Å²) in [4.78, 5) is 28.2. The summed E-state index contributed by atoms with van der Waals surface area (Å²) in [7, 11) is 0. The van der Waals surface area contributed by atoms with Gasteiger partial charge in [0, 0.05) is 34.2 Å². The van der Waals surface area contributed by atoms with Crippen LogP contribution in [0.15, 0.2) is 73.1 Å². The molecule has 0 saturated carbocycles. The third-order valence-corrected chi connectivity index (χ3v) is 3.81. The van der Waals surface area contributed by atoms with Crippen molar-refractivity contribution in [2.75, 3.05) is 11.9 Å². The zero-order valence-corrected chi connectivity index (χ0v) is 14.4. The molecule has 0 bridgehead atoms. The molecular weight excluding hydrogens is 352 g/mol. The minimum absolute atomic E-state index is 0.101. The van der Waals surface area contributed by atoms with Crippen LogP contribution in [0.5, 0.6) is 5.75 Å². The zero-order chi connectivity index (χ0) is 18.4. The summed E-state index contributed by atoms with van der Waals surface area (Å²) in [6, 6.07) is 16.8. The first-order valence-corrected chi connectivity index (χ1v) is 8.22. The van der Waals surface area contributed by atoms with Crippen LogP contribution in [0.3, 0.4) is 0 Å². The highest BCUT2D eigenvalue weighted by molar-refractivity contribution is 6.30. The van der Waals surface area contributed by atoms with Crippen molar-refractivity contribution in [2.24, 2.45) is 0 Å². The molecule has 1 amide bonds. The van der Waals surface area contributed by atoms with Crippen molar-refractivity contribution >= 4 is 29.0 Å². The number of anilines is 1. The van der Waals surface area contributed by atoms with Crippen molar-refractivity contribution in [1.29, 1.82) is 0 Å². The summed E-state index contributed by atoms with van der Waals surface area (Å²) < 4.78 is 5.38. The number of ketones is 1. The molecule has 0 spiro atoms. The SMILES string of the molecule is O=C(COc1ccc(Cl)cc1)Nc1ccc(C(=O)c2ccncc2)cc1. The Labute approximate surface area is 155 Å². The van der Waals surface area contributed by atoms with Gasteiger partial charge in [0.25, 0.3) is 5.91 Å². The summed E-state index contributed by atoms with van der Waals surface area (Å²) in [6.45, 7) is -0.126. The van der Waals surface area contributed by atoms with E-state index in [0.29, 0.717) is 27.6 Å². The highest BCUT2D eigenvalue weighted by Crippen LogP contribution is 2.16. The van der Waals surface area contributed by atoms with E-state index in [1.165, 1.54) is 0 Å². The number of ether oxygens (including phenoxy) is 1. The predicted octanol–water partition coefficient (Wildman–Crippen LogP) is 3.98. The lowest BCUT2D eigenvalue weighted by Gasteiger charge is -2.08. The van der Waals surface area contributed by atoms with Gasteiger partial charge in [0.1, 0.15) is 5.75 Å². The Balaban J connectivity index is 1.56. The molecule has 0 aliphatic carbocycles. The van der Waals surface area contributed by atoms with Crippen LogP contribution in [0.4, 0.5) is 5.69 Å². The number of nitrogens with one attached hydrogen (secondary N) is 1. The third-order valence-electron chi connectivity index (χ3n) is 3.56. The van der Waals surface area contributed by atoms with Gasteiger partial charge in [-0.25, -0.2) is 0 Å². The predicted molar refractivity (Wildman–Crippen MR) is 99.7 cm³/mol. The van der Waals surface area contributed by atoms with Gasteiger partial charge in [0.05, 0.1) is 0 Å². The second-order valence-corrected chi connectivity index (χ2v) is 5.87. The second kappa shape index (κ2) is 8.27. The minimum atomic E-state index is -0.298. The third kappa shape index (κ3) is 4.68. The Kier molecular flexibility index (Phi) is 5.61. The lowest BCUT2D eigenvalue weighted by Crippen LogP contribution is -2.20. The highest BCUT2D eigenvalue weighted by atomic mass is 35.5. The van der Waals surface area contributed by atoms with Crippen LogP contribution in [0.2, 0.25) is 5.02 Å². The Hall–Kier alpha value is -3.18. The average Bonchev–Trinajstić information content (AvgIpc) is 2.68. The fraction of sp³-hybridized carbons (Fsp3) is 0.0500. The van der Waals surface area contributed by atoms with Gasteiger partial charge in [-0.15, -0.1) is 0 Å². The van der Waals surface area contributed by atoms with E-state index in [4.69, 9.17) is 16.3 Å². The number of amides is 1. The fourth-order valence-electron chi connectivity index (χ4n) is 2.25. The molecular formula is C20H15ClN2O3. The van der Waals surface area contributed by atoms with E-state index in [1.807, 2.05) is 0 Å². The molecule has 0 aliphatic rings. The topological polar surface area (TPSA) is 68.3 Å². The lowest BCUT2D eigenvalue weighted by molar-refractivity contribution is -0.118. The minimum Gasteiger partial charge on any atom is -0.484 e. The second-order valence-electron chi connectivity index (χ2n) is 5.43. The Morgan fingerprint density at radius 3 is 2.15 bits per heavy atom. The summed E-state index contributed by atoms with van der Waals surface area (Å²) in [5.74, 6) is 0.160. The van der Waals surface area contributed by atoms with Crippen molar-refractivity contribution in [2.45, 2.75) is 0 Å².